The van der Waals surface area contributed by atoms with Gasteiger partial charge in [0.05, 0.1) is 7.11 Å². The lowest BCUT2D eigenvalue weighted by molar-refractivity contribution is -0.143. The van der Waals surface area contributed by atoms with Gasteiger partial charge in [0, 0.05) is 6.54 Å². The number of nitrogens with zero attached hydrogens (tertiary/aromatic N) is 2. The normalized spacial score (nSPS) is 11.7. The lowest BCUT2D eigenvalue weighted by Gasteiger charge is -2.25. The van der Waals surface area contributed by atoms with Gasteiger partial charge in [0.1, 0.15) is 31.5 Å². The Morgan fingerprint density at radius 2 is 1.22 bits per heavy atom. The number of carbonyl (C=O) groups excluding carboxylic acids is 5. The smallest absolute Gasteiger partial charge is 0.437 e. The van der Waals surface area contributed by atoms with Crippen LogP contribution in [-0.2, 0) is 48.3 Å². The Balaban J connectivity index is 1.85. The maximum Gasteiger partial charge on any atom is 0.437 e. The molecular formula is C36H42N4O10. The molecule has 0 aliphatic rings. The monoisotopic (exact) mass is 690 g/mol. The number of hydrogen-bond donors (Lipinski definition) is 2. The minimum atomic E-state index is -1.16. The van der Waals surface area contributed by atoms with Crippen molar-refractivity contribution in [2.75, 3.05) is 13.7 Å². The van der Waals surface area contributed by atoms with Crippen molar-refractivity contribution in [3.63, 3.8) is 0 Å². The summed E-state index contributed by atoms with van der Waals surface area (Å²) in [5.41, 5.74) is 1.21. The molecule has 14 nitrogen and oxygen atoms in total. The Bertz CT molecular complexity index is 1580. The third-order valence-electron chi connectivity index (χ3n) is 6.56. The Labute approximate surface area is 290 Å². The fourth-order valence-corrected chi connectivity index (χ4v) is 4.22. The van der Waals surface area contributed by atoms with Gasteiger partial charge in [-0.25, -0.2) is 28.9 Å². The van der Waals surface area contributed by atoms with Gasteiger partial charge in [0.25, 0.3) is 0 Å². The van der Waals surface area contributed by atoms with Gasteiger partial charge in [-0.2, -0.15) is 0 Å². The SMILES string of the molecule is COC(=O)[C@H](CCCN(C(=O)OCc1ccccc1)/C(=N\C(=O)OCc1ccccc1)NC(=O)OCc1ccccc1)NC(=O)OC(C)(C)C. The molecule has 0 aliphatic heterocycles. The van der Waals surface area contributed by atoms with Crippen LogP contribution in [0, 0.1) is 0 Å². The summed E-state index contributed by atoms with van der Waals surface area (Å²) in [5, 5.41) is 4.82. The van der Waals surface area contributed by atoms with Gasteiger partial charge in [0.15, 0.2) is 0 Å². The number of rotatable bonds is 12. The summed E-state index contributed by atoms with van der Waals surface area (Å²) in [6.45, 7) is 4.36. The average molecular weight is 691 g/mol. The first-order valence-corrected chi connectivity index (χ1v) is 15.8. The van der Waals surface area contributed by atoms with Crippen LogP contribution in [0.4, 0.5) is 19.2 Å². The largest absolute Gasteiger partial charge is 0.467 e. The maximum atomic E-state index is 13.6. The molecule has 0 fully saturated rings. The van der Waals surface area contributed by atoms with E-state index < -0.39 is 47.9 Å². The fraction of sp³-hybridized carbons (Fsp3) is 0.333. The second-order valence-electron chi connectivity index (χ2n) is 11.7. The van der Waals surface area contributed by atoms with E-state index in [1.54, 1.807) is 106 Å². The van der Waals surface area contributed by atoms with Gasteiger partial charge in [0.2, 0.25) is 5.96 Å². The highest BCUT2D eigenvalue weighted by Gasteiger charge is 2.28. The van der Waals surface area contributed by atoms with E-state index in [0.717, 1.165) is 12.0 Å². The predicted molar refractivity (Wildman–Crippen MR) is 182 cm³/mol. The molecule has 1 atom stereocenters. The van der Waals surface area contributed by atoms with Crippen molar-refractivity contribution in [1.82, 2.24) is 15.5 Å². The Hall–Kier alpha value is -5.92. The summed E-state index contributed by atoms with van der Waals surface area (Å²) in [5.74, 6) is -1.30. The van der Waals surface area contributed by atoms with Crippen molar-refractivity contribution in [2.24, 2.45) is 4.99 Å². The van der Waals surface area contributed by atoms with E-state index in [-0.39, 0.29) is 39.2 Å². The zero-order valence-electron chi connectivity index (χ0n) is 28.5. The molecule has 3 aromatic rings. The molecule has 14 heteroatoms. The van der Waals surface area contributed by atoms with Gasteiger partial charge in [-0.05, 0) is 50.3 Å². The molecule has 3 rings (SSSR count). The highest BCUT2D eigenvalue weighted by Crippen LogP contribution is 2.11. The molecule has 0 saturated heterocycles. The van der Waals surface area contributed by atoms with Crippen molar-refractivity contribution < 1.29 is 47.7 Å². The number of methoxy groups -OCH3 is 1. The third-order valence-corrected chi connectivity index (χ3v) is 6.56. The summed E-state index contributed by atoms with van der Waals surface area (Å²) in [6, 6.07) is 25.4. The summed E-state index contributed by atoms with van der Waals surface area (Å²) >= 11 is 0. The van der Waals surface area contributed by atoms with Gasteiger partial charge >= 0.3 is 30.3 Å². The predicted octanol–water partition coefficient (Wildman–Crippen LogP) is 6.09. The minimum absolute atomic E-state index is 0.0226. The number of hydrogen-bond acceptors (Lipinski definition) is 10. The third kappa shape index (κ3) is 14.5. The van der Waals surface area contributed by atoms with Crippen LogP contribution in [-0.4, -0.2) is 66.5 Å². The van der Waals surface area contributed by atoms with Gasteiger partial charge in [-0.3, -0.25) is 5.32 Å². The quantitative estimate of drug-likeness (QED) is 0.0981. The van der Waals surface area contributed by atoms with E-state index >= 15 is 0 Å². The van der Waals surface area contributed by atoms with Gasteiger partial charge < -0.3 is 29.0 Å². The molecule has 3 aromatic carbocycles. The van der Waals surface area contributed by atoms with Crippen LogP contribution in [0.3, 0.4) is 0 Å². The number of alkyl carbamates (subject to hydrolysis) is 2. The lowest BCUT2D eigenvalue weighted by atomic mass is 10.1. The van der Waals surface area contributed by atoms with Crippen LogP contribution in [0.1, 0.15) is 50.3 Å². The number of benzene rings is 3. The first-order chi connectivity index (χ1) is 23.9. The summed E-state index contributed by atoms with van der Waals surface area (Å²) in [6.07, 6.45) is -4.00. The highest BCUT2D eigenvalue weighted by atomic mass is 16.6. The molecule has 0 bridgehead atoms. The average Bonchev–Trinajstić information content (AvgIpc) is 3.10. The van der Waals surface area contributed by atoms with E-state index in [4.69, 9.17) is 23.7 Å². The van der Waals surface area contributed by atoms with E-state index in [9.17, 15) is 24.0 Å². The standard InChI is InChI=1S/C36H42N4O10/c1-36(2,3)50-34(44)37-29(30(41)46-4)21-14-22-40(35(45)49-25-28-19-12-7-13-20-28)31(38-32(42)47-23-26-15-8-5-9-16-26)39-33(43)48-24-27-17-10-6-11-18-27/h5-13,15-20,29H,14,21-25H2,1-4H3,(H,37,44)(H,38,39,42,43)/t29-/m0/s1. The van der Waals surface area contributed by atoms with Crippen LogP contribution < -0.4 is 10.6 Å². The molecule has 0 heterocycles. The Morgan fingerprint density at radius 1 is 0.720 bits per heavy atom. The maximum absolute atomic E-state index is 13.6. The number of ether oxygens (including phenoxy) is 5. The molecule has 0 radical (unpaired) electrons. The molecule has 0 aliphatic carbocycles. The van der Waals surface area contributed by atoms with Crippen LogP contribution in [0.2, 0.25) is 0 Å². The van der Waals surface area contributed by atoms with Crippen molar-refractivity contribution in [1.29, 1.82) is 0 Å². The van der Waals surface area contributed by atoms with Crippen molar-refractivity contribution in [3.05, 3.63) is 108 Å². The molecule has 266 valence electrons. The zero-order chi connectivity index (χ0) is 36.4. The first kappa shape index (κ1) is 38.5. The van der Waals surface area contributed by atoms with E-state index in [1.165, 1.54) is 0 Å². The van der Waals surface area contributed by atoms with E-state index in [1.807, 2.05) is 6.07 Å². The molecule has 0 aromatic heterocycles. The number of amides is 4. The minimum Gasteiger partial charge on any atom is -0.467 e. The van der Waals surface area contributed by atoms with E-state index in [0.29, 0.717) is 16.7 Å². The Kier molecular flexibility index (Phi) is 15.3. The second-order valence-corrected chi connectivity index (χ2v) is 11.7. The number of aliphatic imine (C=N–C) groups is 1. The molecular weight excluding hydrogens is 648 g/mol. The summed E-state index contributed by atoms with van der Waals surface area (Å²) < 4.78 is 26.2. The van der Waals surface area contributed by atoms with Crippen LogP contribution >= 0.6 is 0 Å². The summed E-state index contributed by atoms with van der Waals surface area (Å²) in [4.78, 5) is 69.2. The van der Waals surface area contributed by atoms with Crippen LogP contribution in [0.25, 0.3) is 0 Å². The lowest BCUT2D eigenvalue weighted by Crippen LogP contribution is -2.49. The first-order valence-electron chi connectivity index (χ1n) is 15.8. The van der Waals surface area contributed by atoms with Gasteiger partial charge in [-0.1, -0.05) is 91.0 Å². The van der Waals surface area contributed by atoms with Crippen molar-refractivity contribution in [3.8, 4) is 0 Å². The fourth-order valence-electron chi connectivity index (χ4n) is 4.22. The Morgan fingerprint density at radius 3 is 1.72 bits per heavy atom. The highest BCUT2D eigenvalue weighted by molar-refractivity contribution is 6.04. The summed E-state index contributed by atoms with van der Waals surface area (Å²) in [7, 11) is 1.16. The molecule has 2 N–H and O–H groups in total. The molecule has 4 amide bonds. The molecule has 50 heavy (non-hydrogen) atoms. The topological polar surface area (TPSA) is 171 Å². The van der Waals surface area contributed by atoms with Crippen LogP contribution in [0.5, 0.6) is 0 Å². The molecule has 0 spiro atoms. The molecule has 0 saturated carbocycles. The number of nitrogens with one attached hydrogen (secondary N) is 2. The second kappa shape index (κ2) is 19.8. The van der Waals surface area contributed by atoms with Gasteiger partial charge in [-0.15, -0.1) is 4.99 Å². The van der Waals surface area contributed by atoms with Crippen molar-refractivity contribution in [2.45, 2.75) is 65.1 Å². The van der Waals surface area contributed by atoms with E-state index in [2.05, 4.69) is 15.6 Å². The van der Waals surface area contributed by atoms with Crippen molar-refractivity contribution >= 4 is 36.3 Å². The number of esters is 1. The number of carbonyl (C=O) groups is 5. The van der Waals surface area contributed by atoms with Crippen LogP contribution in [0.15, 0.2) is 96.0 Å². The number of guanidine groups is 1. The molecule has 0 unspecified atom stereocenters. The zero-order valence-corrected chi connectivity index (χ0v) is 28.5.